The van der Waals surface area contributed by atoms with Gasteiger partial charge >= 0.3 is 5.97 Å². The summed E-state index contributed by atoms with van der Waals surface area (Å²) in [5, 5.41) is 12.1. The minimum Gasteiger partial charge on any atom is -0.486 e. The van der Waals surface area contributed by atoms with E-state index < -0.39 is 5.97 Å². The fraction of sp³-hybridized carbons (Fsp3) is 0.250. The lowest BCUT2D eigenvalue weighted by Gasteiger charge is -2.20. The summed E-state index contributed by atoms with van der Waals surface area (Å²) in [7, 11) is 0. The maximum atomic E-state index is 12.1. The van der Waals surface area contributed by atoms with Gasteiger partial charge in [-0.2, -0.15) is 0 Å². The summed E-state index contributed by atoms with van der Waals surface area (Å²) in [5.41, 5.74) is 0.721. The molecule has 126 valence electrons. The molecule has 0 aliphatic carbocycles. The molecule has 2 heterocycles. The average molecular weight is 368 g/mol. The first kappa shape index (κ1) is 16.6. The van der Waals surface area contributed by atoms with Crippen LogP contribution >= 0.6 is 22.9 Å². The lowest BCUT2D eigenvalue weighted by Crippen LogP contribution is -2.24. The molecule has 0 spiro atoms. The highest BCUT2D eigenvalue weighted by Gasteiger charge is 2.17. The van der Waals surface area contributed by atoms with Crippen LogP contribution in [0.1, 0.15) is 20.1 Å². The van der Waals surface area contributed by atoms with Gasteiger partial charge in [-0.15, -0.1) is 11.3 Å². The highest BCUT2D eigenvalue weighted by atomic mass is 35.5. The molecule has 3 rings (SSSR count). The summed E-state index contributed by atoms with van der Waals surface area (Å²) in [4.78, 5) is 23.9. The zero-order valence-electron chi connectivity index (χ0n) is 12.5. The number of carbonyl (C=O) groups excluding carboxylic acids is 1. The molecule has 24 heavy (non-hydrogen) atoms. The summed E-state index contributed by atoms with van der Waals surface area (Å²) in [6, 6.07) is 6.64. The van der Waals surface area contributed by atoms with Crippen molar-refractivity contribution >= 4 is 34.8 Å². The van der Waals surface area contributed by atoms with E-state index in [-0.39, 0.29) is 23.7 Å². The summed E-state index contributed by atoms with van der Waals surface area (Å²) < 4.78 is 10.9. The number of carboxylic acid groups (broad SMARTS) is 1. The molecule has 1 aliphatic heterocycles. The van der Waals surface area contributed by atoms with E-state index in [0.717, 1.165) is 21.8 Å². The van der Waals surface area contributed by atoms with Gasteiger partial charge in [0.2, 0.25) is 5.91 Å². The number of rotatable bonds is 5. The van der Waals surface area contributed by atoms with Gasteiger partial charge in [0.05, 0.1) is 18.0 Å². The van der Waals surface area contributed by atoms with E-state index in [0.29, 0.717) is 29.7 Å². The lowest BCUT2D eigenvalue weighted by molar-refractivity contribution is -0.120. The number of ether oxygens (including phenoxy) is 2. The number of hydrogen-bond acceptors (Lipinski definition) is 5. The molecule has 0 saturated carbocycles. The number of carboxylic acids is 1. The van der Waals surface area contributed by atoms with Gasteiger partial charge in [0.1, 0.15) is 18.1 Å². The molecule has 1 aromatic heterocycles. The number of thiophene rings is 1. The van der Waals surface area contributed by atoms with Crippen LogP contribution < -0.4 is 14.8 Å². The molecule has 1 amide bonds. The Morgan fingerprint density at radius 2 is 2.04 bits per heavy atom. The van der Waals surface area contributed by atoms with E-state index in [1.165, 1.54) is 6.07 Å². The van der Waals surface area contributed by atoms with E-state index in [9.17, 15) is 9.59 Å². The topological polar surface area (TPSA) is 84.9 Å². The van der Waals surface area contributed by atoms with E-state index >= 15 is 0 Å². The molecule has 0 atom stereocenters. The number of hydrogen-bond donors (Lipinski definition) is 2. The van der Waals surface area contributed by atoms with Crippen LogP contribution in [-0.2, 0) is 17.8 Å². The van der Waals surface area contributed by atoms with E-state index in [2.05, 4.69) is 5.32 Å². The minimum atomic E-state index is -0.969. The van der Waals surface area contributed by atoms with E-state index in [4.69, 9.17) is 26.2 Å². The summed E-state index contributed by atoms with van der Waals surface area (Å²) >= 11 is 7.28. The van der Waals surface area contributed by atoms with Crippen LogP contribution in [0.2, 0.25) is 5.02 Å². The second-order valence-electron chi connectivity index (χ2n) is 5.13. The Kier molecular flexibility index (Phi) is 4.92. The van der Waals surface area contributed by atoms with Crippen molar-refractivity contribution in [2.75, 3.05) is 13.2 Å². The molecule has 2 N–H and O–H groups in total. The Balaban J connectivity index is 1.60. The third kappa shape index (κ3) is 3.80. The van der Waals surface area contributed by atoms with Crippen molar-refractivity contribution in [2.45, 2.75) is 13.0 Å². The zero-order valence-corrected chi connectivity index (χ0v) is 14.1. The molecule has 0 radical (unpaired) electrons. The SMILES string of the molecule is O=C(Cc1cc(Cl)c2c(c1)OCCO2)NCc1ccc(C(=O)O)s1. The van der Waals surface area contributed by atoms with Gasteiger partial charge in [-0.25, -0.2) is 4.79 Å². The molecule has 2 aromatic rings. The van der Waals surface area contributed by atoms with Crippen LogP contribution in [0, 0.1) is 0 Å². The normalized spacial score (nSPS) is 12.7. The number of halogens is 1. The lowest BCUT2D eigenvalue weighted by atomic mass is 10.1. The number of aromatic carboxylic acids is 1. The van der Waals surface area contributed by atoms with Crippen LogP contribution in [0.15, 0.2) is 24.3 Å². The first-order chi connectivity index (χ1) is 11.5. The average Bonchev–Trinajstić information content (AvgIpc) is 3.02. The van der Waals surface area contributed by atoms with Crippen LogP contribution in [0.25, 0.3) is 0 Å². The number of fused-ring (bicyclic) bond motifs is 1. The Bertz CT molecular complexity index is 789. The van der Waals surface area contributed by atoms with Gasteiger partial charge in [0.25, 0.3) is 0 Å². The summed E-state index contributed by atoms with van der Waals surface area (Å²) in [6.45, 7) is 1.18. The van der Waals surface area contributed by atoms with Crippen LogP contribution in [-0.4, -0.2) is 30.2 Å². The molecular formula is C16H14ClNO5S. The van der Waals surface area contributed by atoms with Gasteiger partial charge in [-0.3, -0.25) is 4.79 Å². The first-order valence-corrected chi connectivity index (χ1v) is 8.39. The molecule has 8 heteroatoms. The molecule has 0 unspecified atom stereocenters. The Morgan fingerprint density at radius 1 is 1.25 bits per heavy atom. The van der Waals surface area contributed by atoms with Crippen LogP contribution in [0.5, 0.6) is 11.5 Å². The standard InChI is InChI=1S/C16H14ClNO5S/c17-11-5-9(6-12-15(11)23-4-3-22-12)7-14(19)18-8-10-1-2-13(24-10)16(20)21/h1-2,5-6H,3-4,7-8H2,(H,18,19)(H,20,21). The van der Waals surface area contributed by atoms with Gasteiger partial charge in [0, 0.05) is 4.88 Å². The first-order valence-electron chi connectivity index (χ1n) is 7.19. The van der Waals surface area contributed by atoms with Crippen molar-refractivity contribution in [1.29, 1.82) is 0 Å². The predicted molar refractivity (Wildman–Crippen MR) is 89.3 cm³/mol. The fourth-order valence-electron chi connectivity index (χ4n) is 2.29. The van der Waals surface area contributed by atoms with Crippen molar-refractivity contribution in [3.63, 3.8) is 0 Å². The maximum Gasteiger partial charge on any atom is 0.345 e. The smallest absolute Gasteiger partial charge is 0.345 e. The number of benzene rings is 1. The van der Waals surface area contributed by atoms with Crippen molar-refractivity contribution in [3.05, 3.63) is 44.6 Å². The second-order valence-corrected chi connectivity index (χ2v) is 6.70. The molecule has 0 fully saturated rings. The zero-order chi connectivity index (χ0) is 17.1. The predicted octanol–water partition coefficient (Wildman–Crippen LogP) is 2.73. The van der Waals surface area contributed by atoms with Gasteiger partial charge < -0.3 is 19.9 Å². The van der Waals surface area contributed by atoms with Crippen molar-refractivity contribution < 1.29 is 24.2 Å². The molecule has 0 bridgehead atoms. The molecule has 6 nitrogen and oxygen atoms in total. The van der Waals surface area contributed by atoms with E-state index in [1.807, 2.05) is 0 Å². The molecule has 0 saturated heterocycles. The van der Waals surface area contributed by atoms with Gasteiger partial charge in [-0.05, 0) is 29.8 Å². The number of carbonyl (C=O) groups is 2. The number of nitrogens with one attached hydrogen (secondary N) is 1. The minimum absolute atomic E-state index is 0.146. The Labute approximate surface area is 147 Å². The molecule has 1 aromatic carbocycles. The fourth-order valence-corrected chi connectivity index (χ4v) is 3.36. The van der Waals surface area contributed by atoms with Gasteiger partial charge in [0.15, 0.2) is 11.5 Å². The highest BCUT2D eigenvalue weighted by molar-refractivity contribution is 7.13. The largest absolute Gasteiger partial charge is 0.486 e. The van der Waals surface area contributed by atoms with Crippen molar-refractivity contribution in [2.24, 2.45) is 0 Å². The second kappa shape index (κ2) is 7.11. The molecule has 1 aliphatic rings. The molecular weight excluding hydrogens is 354 g/mol. The Hall–Kier alpha value is -2.25. The van der Waals surface area contributed by atoms with Crippen LogP contribution in [0.3, 0.4) is 0 Å². The number of amides is 1. The van der Waals surface area contributed by atoms with E-state index in [1.54, 1.807) is 18.2 Å². The van der Waals surface area contributed by atoms with Crippen molar-refractivity contribution in [1.82, 2.24) is 5.32 Å². The quantitative estimate of drug-likeness (QED) is 0.848. The third-order valence-corrected chi connectivity index (χ3v) is 4.71. The highest BCUT2D eigenvalue weighted by Crippen LogP contribution is 2.38. The Morgan fingerprint density at radius 3 is 2.79 bits per heavy atom. The summed E-state index contributed by atoms with van der Waals surface area (Å²) in [5.74, 6) is -0.107. The monoisotopic (exact) mass is 367 g/mol. The van der Waals surface area contributed by atoms with Crippen LogP contribution in [0.4, 0.5) is 0 Å². The van der Waals surface area contributed by atoms with Gasteiger partial charge in [-0.1, -0.05) is 11.6 Å². The summed E-state index contributed by atoms with van der Waals surface area (Å²) in [6.07, 6.45) is 0.146. The van der Waals surface area contributed by atoms with Crippen molar-refractivity contribution in [3.8, 4) is 11.5 Å². The third-order valence-electron chi connectivity index (χ3n) is 3.35. The maximum absolute atomic E-state index is 12.1.